The number of nitrogens with one attached hydrogen (secondary N) is 1. The molecule has 1 atom stereocenters. The molecule has 32 heavy (non-hydrogen) atoms. The van der Waals surface area contributed by atoms with Crippen molar-refractivity contribution in [3.8, 4) is 5.75 Å². The largest absolute Gasteiger partial charge is 0.493 e. The van der Waals surface area contributed by atoms with E-state index in [9.17, 15) is 4.79 Å². The Morgan fingerprint density at radius 3 is 2.81 bits per heavy atom. The highest BCUT2D eigenvalue weighted by Gasteiger charge is 2.36. The summed E-state index contributed by atoms with van der Waals surface area (Å²) < 4.78 is 13.3. The molecular weight excluding hydrogens is 424 g/mol. The van der Waals surface area contributed by atoms with Gasteiger partial charge in [-0.05, 0) is 25.8 Å². The fourth-order valence-electron chi connectivity index (χ4n) is 3.43. The summed E-state index contributed by atoms with van der Waals surface area (Å²) >= 11 is 1.62. The second-order valence-corrected chi connectivity index (χ2v) is 8.62. The van der Waals surface area contributed by atoms with Crippen LogP contribution in [0.5, 0.6) is 5.75 Å². The second kappa shape index (κ2) is 11.8. The number of thioether (sulfide) groups is 1. The maximum Gasteiger partial charge on any atom is 0.338 e. The molecule has 0 bridgehead atoms. The van der Waals surface area contributed by atoms with Gasteiger partial charge in [-0.15, -0.1) is 5.10 Å². The number of nitrogens with zero attached hydrogens (tertiary/aromatic N) is 3. The monoisotopic (exact) mass is 456 g/mol. The number of unbranched alkanes of at least 4 members (excludes halogenated alkanes) is 2. The summed E-state index contributed by atoms with van der Waals surface area (Å²) in [5.74, 6) is 1.87. The number of para-hydroxylation sites is 1. The molecule has 0 aliphatic carbocycles. The zero-order chi connectivity index (χ0) is 22.9. The van der Waals surface area contributed by atoms with Crippen LogP contribution in [0.1, 0.15) is 58.1 Å². The Morgan fingerprint density at radius 1 is 1.28 bits per heavy atom. The lowest BCUT2D eigenvalue weighted by Gasteiger charge is -2.29. The Bertz CT molecular complexity index is 970. The van der Waals surface area contributed by atoms with Gasteiger partial charge in [-0.1, -0.05) is 69.3 Å². The summed E-state index contributed by atoms with van der Waals surface area (Å²) in [6.07, 6.45) is 5.76. The summed E-state index contributed by atoms with van der Waals surface area (Å²) in [7, 11) is 0. The molecule has 1 aliphatic rings. The number of esters is 1. The number of allylic oxidation sites excluding steroid dienone is 1. The van der Waals surface area contributed by atoms with Crippen LogP contribution in [0.3, 0.4) is 0 Å². The highest BCUT2D eigenvalue weighted by molar-refractivity contribution is 7.99. The number of hydrogen-bond acceptors (Lipinski definition) is 7. The molecule has 0 spiro atoms. The summed E-state index contributed by atoms with van der Waals surface area (Å²) in [4.78, 5) is 17.7. The first-order valence-corrected chi connectivity index (χ1v) is 12.2. The summed E-state index contributed by atoms with van der Waals surface area (Å²) in [6.45, 7) is 10.5. The van der Waals surface area contributed by atoms with Gasteiger partial charge in [0.2, 0.25) is 11.1 Å². The number of aromatic nitrogens is 3. The molecule has 8 heteroatoms. The van der Waals surface area contributed by atoms with Crippen LogP contribution in [0.2, 0.25) is 0 Å². The predicted molar refractivity (Wildman–Crippen MR) is 128 cm³/mol. The van der Waals surface area contributed by atoms with Gasteiger partial charge in [0.1, 0.15) is 18.4 Å². The van der Waals surface area contributed by atoms with Crippen LogP contribution in [-0.4, -0.2) is 39.7 Å². The molecule has 0 fully saturated rings. The standard InChI is InChI=1S/C24H32N4O3S/c1-5-8-15-30-19-13-11-10-12-18(19)21-20(22(29)31-14-7-3)17(4)25-23-26-24(27-28(21)23)32-16-9-6-2/h7,10-13,21H,3,5-6,8-9,14-16H2,1-2,4H3,(H,25,26,27). The third-order valence-corrected chi connectivity index (χ3v) is 6.01. The fourth-order valence-corrected chi connectivity index (χ4v) is 4.34. The molecular formula is C24H32N4O3S. The maximum absolute atomic E-state index is 13.1. The first-order chi connectivity index (χ1) is 15.6. The number of rotatable bonds is 12. The molecule has 1 aromatic heterocycles. The van der Waals surface area contributed by atoms with Gasteiger partial charge in [-0.25, -0.2) is 9.48 Å². The average Bonchev–Trinajstić information content (AvgIpc) is 3.19. The van der Waals surface area contributed by atoms with E-state index in [0.717, 1.165) is 42.7 Å². The average molecular weight is 457 g/mol. The van der Waals surface area contributed by atoms with Crippen LogP contribution in [0.4, 0.5) is 5.95 Å². The molecule has 0 saturated heterocycles. The molecule has 0 radical (unpaired) electrons. The zero-order valence-electron chi connectivity index (χ0n) is 19.1. The smallest absolute Gasteiger partial charge is 0.338 e. The Balaban J connectivity index is 2.04. The van der Waals surface area contributed by atoms with Gasteiger partial charge >= 0.3 is 5.97 Å². The first kappa shape index (κ1) is 23.9. The first-order valence-electron chi connectivity index (χ1n) is 11.2. The third-order valence-electron chi connectivity index (χ3n) is 5.08. The van der Waals surface area contributed by atoms with Crippen LogP contribution < -0.4 is 10.1 Å². The van der Waals surface area contributed by atoms with E-state index in [1.165, 1.54) is 0 Å². The number of benzene rings is 1. The Morgan fingerprint density at radius 2 is 2.06 bits per heavy atom. The van der Waals surface area contributed by atoms with Crippen LogP contribution in [-0.2, 0) is 9.53 Å². The van der Waals surface area contributed by atoms with Gasteiger partial charge in [0.25, 0.3) is 0 Å². The van der Waals surface area contributed by atoms with Gasteiger partial charge in [-0.3, -0.25) is 0 Å². The molecule has 3 rings (SSSR count). The van der Waals surface area contributed by atoms with Crippen LogP contribution in [0.25, 0.3) is 0 Å². The van der Waals surface area contributed by atoms with Crippen molar-refractivity contribution >= 4 is 23.7 Å². The van der Waals surface area contributed by atoms with E-state index in [0.29, 0.717) is 29.0 Å². The van der Waals surface area contributed by atoms with Crippen LogP contribution >= 0.6 is 11.8 Å². The third kappa shape index (κ3) is 5.54. The van der Waals surface area contributed by atoms with E-state index in [-0.39, 0.29) is 6.61 Å². The summed E-state index contributed by atoms with van der Waals surface area (Å²) in [5, 5.41) is 8.68. The van der Waals surface area contributed by atoms with Crippen molar-refractivity contribution in [3.05, 3.63) is 53.8 Å². The van der Waals surface area contributed by atoms with Crippen molar-refractivity contribution in [1.29, 1.82) is 0 Å². The Kier molecular flexibility index (Phi) is 8.79. The SMILES string of the molecule is C=CCOC(=O)C1=C(C)Nc2nc(SCCCC)nn2C1c1ccccc1OCCCC. The molecule has 2 heterocycles. The maximum atomic E-state index is 13.1. The van der Waals surface area contributed by atoms with Crippen LogP contribution in [0.15, 0.2) is 53.3 Å². The molecule has 1 aromatic carbocycles. The lowest BCUT2D eigenvalue weighted by Crippen LogP contribution is -2.30. The van der Waals surface area contributed by atoms with E-state index in [1.807, 2.05) is 31.2 Å². The number of carbonyl (C=O) groups excluding carboxylic acids is 1. The lowest BCUT2D eigenvalue weighted by molar-refractivity contribution is -0.138. The topological polar surface area (TPSA) is 78.3 Å². The highest BCUT2D eigenvalue weighted by Crippen LogP contribution is 2.40. The minimum absolute atomic E-state index is 0.138. The number of hydrogen-bond donors (Lipinski definition) is 1. The zero-order valence-corrected chi connectivity index (χ0v) is 19.9. The van der Waals surface area contributed by atoms with Crippen LogP contribution in [0, 0.1) is 0 Å². The lowest BCUT2D eigenvalue weighted by atomic mass is 9.95. The highest BCUT2D eigenvalue weighted by atomic mass is 32.2. The molecule has 2 aromatic rings. The van der Waals surface area contributed by atoms with Gasteiger partial charge in [0.05, 0.1) is 12.2 Å². The molecule has 0 amide bonds. The molecule has 7 nitrogen and oxygen atoms in total. The van der Waals surface area contributed by atoms with E-state index in [4.69, 9.17) is 14.6 Å². The second-order valence-electron chi connectivity index (χ2n) is 7.56. The van der Waals surface area contributed by atoms with E-state index >= 15 is 0 Å². The normalized spacial score (nSPS) is 15.2. The Hall–Kier alpha value is -2.74. The van der Waals surface area contributed by atoms with E-state index in [2.05, 4.69) is 30.7 Å². The van der Waals surface area contributed by atoms with Gasteiger partial charge in [-0.2, -0.15) is 4.98 Å². The van der Waals surface area contributed by atoms with Crippen molar-refractivity contribution in [3.63, 3.8) is 0 Å². The van der Waals surface area contributed by atoms with Gasteiger partial charge < -0.3 is 14.8 Å². The number of carbonyl (C=O) groups is 1. The van der Waals surface area contributed by atoms with Crippen molar-refractivity contribution < 1.29 is 14.3 Å². The molecule has 1 unspecified atom stereocenters. The van der Waals surface area contributed by atoms with E-state index < -0.39 is 12.0 Å². The van der Waals surface area contributed by atoms with Crippen molar-refractivity contribution in [2.24, 2.45) is 0 Å². The molecule has 172 valence electrons. The van der Waals surface area contributed by atoms with Gasteiger partial charge in [0, 0.05) is 17.0 Å². The van der Waals surface area contributed by atoms with Gasteiger partial charge in [0.15, 0.2) is 0 Å². The number of fused-ring (bicyclic) bond motifs is 1. The molecule has 0 saturated carbocycles. The van der Waals surface area contributed by atoms with Crippen molar-refractivity contribution in [2.75, 3.05) is 24.3 Å². The quantitative estimate of drug-likeness (QED) is 0.199. The minimum atomic E-state index is -0.505. The Labute approximate surface area is 194 Å². The summed E-state index contributed by atoms with van der Waals surface area (Å²) in [5.41, 5.74) is 2.03. The fraction of sp³-hybridized carbons (Fsp3) is 0.458. The van der Waals surface area contributed by atoms with E-state index in [1.54, 1.807) is 22.5 Å². The number of anilines is 1. The minimum Gasteiger partial charge on any atom is -0.493 e. The summed E-state index contributed by atoms with van der Waals surface area (Å²) in [6, 6.07) is 7.28. The van der Waals surface area contributed by atoms with Crippen molar-refractivity contribution in [1.82, 2.24) is 14.8 Å². The molecule has 1 N–H and O–H groups in total. The predicted octanol–water partition coefficient (Wildman–Crippen LogP) is 5.37. The molecule has 1 aliphatic heterocycles. The van der Waals surface area contributed by atoms with Crippen molar-refractivity contribution in [2.45, 2.75) is 57.7 Å². The number of ether oxygens (including phenoxy) is 2.